The van der Waals surface area contributed by atoms with E-state index in [1.165, 1.54) is 25.7 Å². The predicted octanol–water partition coefficient (Wildman–Crippen LogP) is 1.02. The molecule has 0 aliphatic carbocycles. The second-order valence-corrected chi connectivity index (χ2v) is 4.39. The van der Waals surface area contributed by atoms with Crippen LogP contribution in [0.4, 0.5) is 0 Å². The van der Waals surface area contributed by atoms with Crippen molar-refractivity contribution in [1.82, 2.24) is 10.2 Å². The van der Waals surface area contributed by atoms with Gasteiger partial charge in [-0.15, -0.1) is 0 Å². The molecular formula is C12H24N2O2. The molecule has 0 atom stereocenters. The molecule has 0 aromatic carbocycles. The van der Waals surface area contributed by atoms with Gasteiger partial charge in [-0.25, -0.2) is 0 Å². The number of carbonyl (C=O) groups is 1. The van der Waals surface area contributed by atoms with Crippen LogP contribution in [0, 0.1) is 0 Å². The summed E-state index contributed by atoms with van der Waals surface area (Å²) in [6, 6.07) is 0. The number of ether oxygens (including phenoxy) is 1. The lowest BCUT2D eigenvalue weighted by molar-refractivity contribution is -0.122. The molecule has 0 radical (unpaired) electrons. The third-order valence-electron chi connectivity index (χ3n) is 2.91. The SMILES string of the molecule is COCCCNC(=O)CN1CCCCCC1. The van der Waals surface area contributed by atoms with Gasteiger partial charge in [0, 0.05) is 20.3 Å². The molecule has 4 heteroatoms. The second-order valence-electron chi connectivity index (χ2n) is 4.39. The first-order valence-electron chi connectivity index (χ1n) is 6.31. The lowest BCUT2D eigenvalue weighted by Gasteiger charge is -2.18. The molecule has 1 rings (SSSR count). The minimum atomic E-state index is 0.151. The smallest absolute Gasteiger partial charge is 0.234 e. The number of hydrogen-bond donors (Lipinski definition) is 1. The van der Waals surface area contributed by atoms with E-state index in [1.807, 2.05) is 0 Å². The largest absolute Gasteiger partial charge is 0.385 e. The molecule has 0 unspecified atom stereocenters. The fourth-order valence-corrected chi connectivity index (χ4v) is 2.00. The number of nitrogens with one attached hydrogen (secondary N) is 1. The maximum atomic E-state index is 11.6. The van der Waals surface area contributed by atoms with E-state index >= 15 is 0 Å². The number of likely N-dealkylation sites (tertiary alicyclic amines) is 1. The Hall–Kier alpha value is -0.610. The standard InChI is InChI=1S/C12H24N2O2/c1-16-10-6-7-13-12(15)11-14-8-4-2-3-5-9-14/h2-11H2,1H3,(H,13,15). The van der Waals surface area contributed by atoms with Gasteiger partial charge in [-0.2, -0.15) is 0 Å². The van der Waals surface area contributed by atoms with E-state index in [2.05, 4.69) is 10.2 Å². The summed E-state index contributed by atoms with van der Waals surface area (Å²) in [5, 5.41) is 2.92. The molecule has 0 spiro atoms. The third-order valence-corrected chi connectivity index (χ3v) is 2.91. The van der Waals surface area contributed by atoms with Crippen molar-refractivity contribution in [1.29, 1.82) is 0 Å². The molecule has 1 amide bonds. The Morgan fingerprint density at radius 3 is 2.56 bits per heavy atom. The molecule has 0 bridgehead atoms. The first-order valence-corrected chi connectivity index (χ1v) is 6.31. The van der Waals surface area contributed by atoms with Crippen LogP contribution in [0.1, 0.15) is 32.1 Å². The number of methoxy groups -OCH3 is 1. The molecule has 94 valence electrons. The van der Waals surface area contributed by atoms with Crippen LogP contribution in [0.5, 0.6) is 0 Å². The number of carbonyl (C=O) groups excluding carboxylic acids is 1. The van der Waals surface area contributed by atoms with Crippen LogP contribution in [0.3, 0.4) is 0 Å². The van der Waals surface area contributed by atoms with Crippen molar-refractivity contribution in [2.75, 3.05) is 39.9 Å². The Labute approximate surface area is 98.3 Å². The van der Waals surface area contributed by atoms with Crippen molar-refractivity contribution in [2.24, 2.45) is 0 Å². The fraction of sp³-hybridized carbons (Fsp3) is 0.917. The van der Waals surface area contributed by atoms with Crippen LogP contribution >= 0.6 is 0 Å². The maximum absolute atomic E-state index is 11.6. The van der Waals surface area contributed by atoms with E-state index in [9.17, 15) is 4.79 Å². The lowest BCUT2D eigenvalue weighted by atomic mass is 10.2. The van der Waals surface area contributed by atoms with Crippen LogP contribution in [-0.4, -0.2) is 50.7 Å². The van der Waals surface area contributed by atoms with Crippen molar-refractivity contribution < 1.29 is 9.53 Å². The van der Waals surface area contributed by atoms with E-state index < -0.39 is 0 Å². The van der Waals surface area contributed by atoms with Gasteiger partial charge in [0.25, 0.3) is 0 Å². The molecule has 1 aliphatic heterocycles. The van der Waals surface area contributed by atoms with Crippen LogP contribution in [0.25, 0.3) is 0 Å². The molecule has 4 nitrogen and oxygen atoms in total. The molecular weight excluding hydrogens is 204 g/mol. The Bertz CT molecular complexity index is 189. The highest BCUT2D eigenvalue weighted by Crippen LogP contribution is 2.08. The highest BCUT2D eigenvalue weighted by molar-refractivity contribution is 5.77. The number of nitrogens with zero attached hydrogens (tertiary/aromatic N) is 1. The molecule has 16 heavy (non-hydrogen) atoms. The predicted molar refractivity (Wildman–Crippen MR) is 64.4 cm³/mol. The molecule has 1 saturated heterocycles. The highest BCUT2D eigenvalue weighted by atomic mass is 16.5. The first-order chi connectivity index (χ1) is 7.83. The van der Waals surface area contributed by atoms with Crippen LogP contribution in [-0.2, 0) is 9.53 Å². The van der Waals surface area contributed by atoms with Gasteiger partial charge in [0.2, 0.25) is 5.91 Å². The van der Waals surface area contributed by atoms with E-state index in [0.29, 0.717) is 13.2 Å². The van der Waals surface area contributed by atoms with Crippen LogP contribution in [0.2, 0.25) is 0 Å². The maximum Gasteiger partial charge on any atom is 0.234 e. The van der Waals surface area contributed by atoms with Gasteiger partial charge in [0.05, 0.1) is 6.54 Å². The number of hydrogen-bond acceptors (Lipinski definition) is 3. The van der Waals surface area contributed by atoms with Crippen LogP contribution < -0.4 is 5.32 Å². The molecule has 0 aromatic heterocycles. The summed E-state index contributed by atoms with van der Waals surface area (Å²) < 4.78 is 4.93. The van der Waals surface area contributed by atoms with Gasteiger partial charge in [-0.1, -0.05) is 12.8 Å². The summed E-state index contributed by atoms with van der Waals surface area (Å²) >= 11 is 0. The molecule has 1 heterocycles. The zero-order valence-corrected chi connectivity index (χ0v) is 10.3. The van der Waals surface area contributed by atoms with E-state index in [4.69, 9.17) is 4.74 Å². The van der Waals surface area contributed by atoms with Gasteiger partial charge in [-0.05, 0) is 32.4 Å². The average molecular weight is 228 g/mol. The zero-order valence-electron chi connectivity index (χ0n) is 10.3. The van der Waals surface area contributed by atoms with Crippen LogP contribution in [0.15, 0.2) is 0 Å². The normalized spacial score (nSPS) is 18.1. The second kappa shape index (κ2) is 8.53. The van der Waals surface area contributed by atoms with Gasteiger partial charge in [-0.3, -0.25) is 9.69 Å². The van der Waals surface area contributed by atoms with E-state index in [0.717, 1.165) is 26.1 Å². The lowest BCUT2D eigenvalue weighted by Crippen LogP contribution is -2.38. The summed E-state index contributed by atoms with van der Waals surface area (Å²) in [4.78, 5) is 13.9. The van der Waals surface area contributed by atoms with Crippen molar-refractivity contribution in [2.45, 2.75) is 32.1 Å². The third kappa shape index (κ3) is 6.08. The van der Waals surface area contributed by atoms with Gasteiger partial charge < -0.3 is 10.1 Å². The Kier molecular flexibility index (Phi) is 7.17. The fourth-order valence-electron chi connectivity index (χ4n) is 2.00. The molecule has 0 saturated carbocycles. The van der Waals surface area contributed by atoms with E-state index in [1.54, 1.807) is 7.11 Å². The molecule has 0 aromatic rings. The van der Waals surface area contributed by atoms with Gasteiger partial charge in [0.15, 0.2) is 0 Å². The average Bonchev–Trinajstić information content (AvgIpc) is 2.53. The summed E-state index contributed by atoms with van der Waals surface area (Å²) in [5.41, 5.74) is 0. The highest BCUT2D eigenvalue weighted by Gasteiger charge is 2.12. The number of amides is 1. The first kappa shape index (κ1) is 13.5. The van der Waals surface area contributed by atoms with Gasteiger partial charge in [0.1, 0.15) is 0 Å². The van der Waals surface area contributed by atoms with Gasteiger partial charge >= 0.3 is 0 Å². The molecule has 1 N–H and O–H groups in total. The Morgan fingerprint density at radius 2 is 1.94 bits per heavy atom. The van der Waals surface area contributed by atoms with Crippen molar-refractivity contribution in [3.63, 3.8) is 0 Å². The minimum Gasteiger partial charge on any atom is -0.385 e. The Balaban J connectivity index is 2.07. The van der Waals surface area contributed by atoms with Crippen molar-refractivity contribution in [3.8, 4) is 0 Å². The summed E-state index contributed by atoms with van der Waals surface area (Å²) in [6.45, 7) is 4.15. The zero-order chi connectivity index (χ0) is 11.6. The van der Waals surface area contributed by atoms with E-state index in [-0.39, 0.29) is 5.91 Å². The summed E-state index contributed by atoms with van der Waals surface area (Å²) in [5.74, 6) is 0.151. The number of rotatable bonds is 6. The van der Waals surface area contributed by atoms with Crippen molar-refractivity contribution >= 4 is 5.91 Å². The van der Waals surface area contributed by atoms with Crippen molar-refractivity contribution in [3.05, 3.63) is 0 Å². The molecule has 1 aliphatic rings. The quantitative estimate of drug-likeness (QED) is 0.690. The Morgan fingerprint density at radius 1 is 1.25 bits per heavy atom. The summed E-state index contributed by atoms with van der Waals surface area (Å²) in [7, 11) is 1.68. The topological polar surface area (TPSA) is 41.6 Å². The molecule has 1 fully saturated rings. The summed E-state index contributed by atoms with van der Waals surface area (Å²) in [6.07, 6.45) is 5.98. The minimum absolute atomic E-state index is 0.151. The monoisotopic (exact) mass is 228 g/mol.